The topological polar surface area (TPSA) is 29.3 Å². The average Bonchev–Trinajstić information content (AvgIpc) is 3.65. The molecule has 56 heavy (non-hydrogen) atoms. The Labute approximate surface area is 324 Å². The van der Waals surface area contributed by atoms with Crippen molar-refractivity contribution in [3.05, 3.63) is 206 Å². The molecule has 0 saturated heterocycles. The van der Waals surface area contributed by atoms with Crippen LogP contribution in [-0.2, 0) is 0 Å². The molecule has 262 valence electrons. The van der Waals surface area contributed by atoms with Gasteiger partial charge < -0.3 is 9.32 Å². The van der Waals surface area contributed by atoms with Crippen LogP contribution < -0.4 is 4.90 Å². The maximum atomic E-state index is 6.12. The number of hydrogen-bond donors (Lipinski definition) is 0. The number of pyridine rings is 1. The van der Waals surface area contributed by atoms with Gasteiger partial charge >= 0.3 is 0 Å². The molecule has 11 aromatic rings. The third-order valence-corrected chi connectivity index (χ3v) is 11.1. The van der Waals surface area contributed by atoms with Crippen LogP contribution in [0.5, 0.6) is 0 Å². The average molecular weight is 715 g/mol. The summed E-state index contributed by atoms with van der Waals surface area (Å²) in [5.74, 6) is 0. The highest BCUT2D eigenvalue weighted by Crippen LogP contribution is 2.40. The summed E-state index contributed by atoms with van der Waals surface area (Å²) in [6, 6.07) is 73.8. The number of hydrogen-bond acceptors (Lipinski definition) is 3. The minimum Gasteiger partial charge on any atom is -0.438 e. The van der Waals surface area contributed by atoms with Crippen molar-refractivity contribution in [1.82, 2.24) is 4.98 Å². The van der Waals surface area contributed by atoms with Gasteiger partial charge in [0.1, 0.15) is 5.58 Å². The Hall–Kier alpha value is -7.49. The Balaban J connectivity index is 0.976. The minimum atomic E-state index is 0.654. The van der Waals surface area contributed by atoms with Crippen LogP contribution in [0.1, 0.15) is 0 Å². The Morgan fingerprint density at radius 3 is 1.64 bits per heavy atom. The van der Waals surface area contributed by atoms with E-state index in [1.165, 1.54) is 54.6 Å². The van der Waals surface area contributed by atoms with Gasteiger partial charge in [-0.25, -0.2) is 4.98 Å². The van der Waals surface area contributed by atoms with Crippen molar-refractivity contribution in [3.63, 3.8) is 0 Å². The van der Waals surface area contributed by atoms with Gasteiger partial charge in [0.2, 0.25) is 5.71 Å². The Bertz CT molecular complexity index is 3240. The molecular weight excluding hydrogens is 681 g/mol. The maximum absolute atomic E-state index is 6.12. The van der Waals surface area contributed by atoms with Crippen molar-refractivity contribution in [2.75, 3.05) is 4.90 Å². The lowest BCUT2D eigenvalue weighted by Crippen LogP contribution is -2.09. The molecule has 0 N–H and O–H groups in total. The second kappa shape index (κ2) is 13.1. The Kier molecular flexibility index (Phi) is 7.49. The van der Waals surface area contributed by atoms with Crippen molar-refractivity contribution >= 4 is 71.4 Å². The van der Waals surface area contributed by atoms with Crippen LogP contribution >= 0.6 is 0 Å². The van der Waals surface area contributed by atoms with Gasteiger partial charge in [-0.05, 0) is 121 Å². The van der Waals surface area contributed by atoms with E-state index in [1.54, 1.807) is 0 Å². The Morgan fingerprint density at radius 1 is 0.321 bits per heavy atom. The predicted molar refractivity (Wildman–Crippen MR) is 235 cm³/mol. The normalized spacial score (nSPS) is 11.6. The van der Waals surface area contributed by atoms with Gasteiger partial charge in [0, 0.05) is 33.4 Å². The van der Waals surface area contributed by atoms with Gasteiger partial charge in [0.25, 0.3) is 0 Å². The first-order valence-corrected chi connectivity index (χ1v) is 19.0. The fourth-order valence-corrected chi connectivity index (χ4v) is 8.17. The zero-order valence-corrected chi connectivity index (χ0v) is 30.4. The lowest BCUT2D eigenvalue weighted by Gasteiger charge is -2.26. The summed E-state index contributed by atoms with van der Waals surface area (Å²) < 4.78 is 6.12. The number of furan rings is 1. The Morgan fingerprint density at radius 2 is 0.857 bits per heavy atom. The maximum Gasteiger partial charge on any atom is 0.227 e. The van der Waals surface area contributed by atoms with Crippen molar-refractivity contribution in [2.45, 2.75) is 0 Å². The first kappa shape index (κ1) is 32.0. The number of aromatic nitrogens is 1. The van der Waals surface area contributed by atoms with E-state index < -0.39 is 0 Å². The molecule has 11 rings (SSSR count). The van der Waals surface area contributed by atoms with E-state index >= 15 is 0 Å². The molecule has 0 amide bonds. The van der Waals surface area contributed by atoms with Crippen molar-refractivity contribution < 1.29 is 4.42 Å². The number of fused-ring (bicyclic) bond motifs is 7. The fourth-order valence-electron chi connectivity index (χ4n) is 8.17. The molecule has 0 spiro atoms. The fraction of sp³-hybridized carbons (Fsp3) is 0. The number of benzene rings is 9. The van der Waals surface area contributed by atoms with Crippen LogP contribution in [0, 0.1) is 0 Å². The van der Waals surface area contributed by atoms with Crippen LogP contribution in [0.25, 0.3) is 87.9 Å². The molecule has 0 bridgehead atoms. The summed E-state index contributed by atoms with van der Waals surface area (Å²) in [6.45, 7) is 0. The molecule has 0 aliphatic heterocycles. The number of anilines is 3. The highest BCUT2D eigenvalue weighted by atomic mass is 16.3. The first-order chi connectivity index (χ1) is 27.7. The summed E-state index contributed by atoms with van der Waals surface area (Å²) in [7, 11) is 0. The van der Waals surface area contributed by atoms with Crippen molar-refractivity contribution in [2.24, 2.45) is 0 Å². The molecule has 0 saturated carbocycles. The molecule has 2 aromatic heterocycles. The summed E-state index contributed by atoms with van der Waals surface area (Å²) in [4.78, 5) is 7.26. The van der Waals surface area contributed by atoms with Crippen LogP contribution in [0.15, 0.2) is 211 Å². The van der Waals surface area contributed by atoms with E-state index in [0.717, 1.165) is 44.7 Å². The van der Waals surface area contributed by atoms with Gasteiger partial charge in [-0.2, -0.15) is 0 Å². The molecule has 0 aliphatic carbocycles. The van der Waals surface area contributed by atoms with E-state index in [0.29, 0.717) is 5.71 Å². The molecular formula is C53H34N2O. The number of nitrogens with zero attached hydrogens (tertiary/aromatic N) is 2. The standard InChI is InChI=1S/C53H34N2O/c1-2-8-35(9-3-1)37-18-23-44(24-19-37)55(45-25-20-38(21-26-45)51-31-30-50-49-12-6-7-13-52(49)56-53(50)54-51)46-27-29-48-43(34-46)17-16-42-33-41(22-28-47(42)48)40-15-14-36-10-4-5-11-39(36)32-40/h1-34H. The van der Waals surface area contributed by atoms with Crippen molar-refractivity contribution in [1.29, 1.82) is 0 Å². The van der Waals surface area contributed by atoms with Gasteiger partial charge in [0.05, 0.1) is 5.69 Å². The molecule has 2 heterocycles. The third-order valence-electron chi connectivity index (χ3n) is 11.1. The SMILES string of the molecule is c1ccc(-c2ccc(N(c3ccc(-c4ccc5c(n4)oc4ccccc45)cc3)c3ccc4c(ccc5cc(-c6ccc7ccccc7c6)ccc54)c3)cc2)cc1. The van der Waals surface area contributed by atoms with Crippen LogP contribution in [0.4, 0.5) is 17.1 Å². The van der Waals surface area contributed by atoms with Crippen molar-refractivity contribution in [3.8, 4) is 33.5 Å². The molecule has 0 fully saturated rings. The lowest BCUT2D eigenvalue weighted by molar-refractivity contribution is 0.654. The molecule has 0 atom stereocenters. The van der Waals surface area contributed by atoms with E-state index in [9.17, 15) is 0 Å². The van der Waals surface area contributed by atoms with Gasteiger partial charge in [-0.1, -0.05) is 140 Å². The summed E-state index contributed by atoms with van der Waals surface area (Å²) in [5.41, 5.74) is 11.5. The minimum absolute atomic E-state index is 0.654. The molecule has 3 heteroatoms. The molecule has 3 nitrogen and oxygen atoms in total. The monoisotopic (exact) mass is 714 g/mol. The van der Waals surface area contributed by atoms with Crippen LogP contribution in [-0.4, -0.2) is 4.98 Å². The lowest BCUT2D eigenvalue weighted by atomic mass is 9.96. The highest BCUT2D eigenvalue weighted by molar-refractivity contribution is 6.10. The summed E-state index contributed by atoms with van der Waals surface area (Å²) in [5, 5.41) is 9.53. The molecule has 9 aromatic carbocycles. The summed E-state index contributed by atoms with van der Waals surface area (Å²) in [6.07, 6.45) is 0. The third kappa shape index (κ3) is 5.57. The molecule has 0 aliphatic rings. The van der Waals surface area contributed by atoms with E-state index in [4.69, 9.17) is 9.40 Å². The highest BCUT2D eigenvalue weighted by Gasteiger charge is 2.16. The first-order valence-electron chi connectivity index (χ1n) is 19.0. The zero-order valence-electron chi connectivity index (χ0n) is 30.4. The largest absolute Gasteiger partial charge is 0.438 e. The van der Waals surface area contributed by atoms with E-state index in [1.807, 2.05) is 18.2 Å². The quantitative estimate of drug-likeness (QED) is 0.161. The van der Waals surface area contributed by atoms with Gasteiger partial charge in [-0.3, -0.25) is 0 Å². The number of rotatable bonds is 6. The van der Waals surface area contributed by atoms with E-state index in [2.05, 4.69) is 193 Å². The van der Waals surface area contributed by atoms with E-state index in [-0.39, 0.29) is 0 Å². The molecule has 0 unspecified atom stereocenters. The summed E-state index contributed by atoms with van der Waals surface area (Å²) >= 11 is 0. The smallest absolute Gasteiger partial charge is 0.227 e. The second-order valence-electron chi connectivity index (χ2n) is 14.4. The van der Waals surface area contributed by atoms with Crippen LogP contribution in [0.2, 0.25) is 0 Å². The second-order valence-corrected chi connectivity index (χ2v) is 14.4. The zero-order chi connectivity index (χ0) is 37.0. The van der Waals surface area contributed by atoms with Gasteiger partial charge in [-0.15, -0.1) is 0 Å². The van der Waals surface area contributed by atoms with Crippen LogP contribution in [0.3, 0.4) is 0 Å². The van der Waals surface area contributed by atoms with Gasteiger partial charge in [0.15, 0.2) is 0 Å². The molecule has 0 radical (unpaired) electrons. The number of para-hydroxylation sites is 1. The predicted octanol–water partition coefficient (Wildman–Crippen LogP) is 14.9.